The zero-order valence-corrected chi connectivity index (χ0v) is 13.6. The number of hydrogen-bond acceptors (Lipinski definition) is 5. The molecule has 1 amide bonds. The fraction of sp³-hybridized carbons (Fsp3) is 0.353. The van der Waals surface area contributed by atoms with E-state index in [9.17, 15) is 9.59 Å². The van der Waals surface area contributed by atoms with Crippen LogP contribution in [-0.2, 0) is 11.3 Å². The average molecular weight is 338 g/mol. The molecule has 25 heavy (non-hydrogen) atoms. The first kappa shape index (κ1) is 15.5. The normalized spacial score (nSPS) is 14.9. The van der Waals surface area contributed by atoms with Gasteiger partial charge in [-0.25, -0.2) is 9.36 Å². The number of para-hydroxylation sites is 1. The lowest BCUT2D eigenvalue weighted by molar-refractivity contribution is -0.122. The zero-order chi connectivity index (χ0) is 17.2. The highest BCUT2D eigenvalue weighted by molar-refractivity contribution is 5.77. The standard InChI is InChI=1S/C17H18N6O2/c24-15(19-12-6-4-5-7-12)11-22-17(25)14-10-18-23(16(14)20-21-22)13-8-2-1-3-9-13/h1-3,8-10,12H,4-7,11H2,(H,19,24). The summed E-state index contributed by atoms with van der Waals surface area (Å²) < 4.78 is 2.65. The molecule has 2 heterocycles. The van der Waals surface area contributed by atoms with E-state index in [0.29, 0.717) is 11.0 Å². The summed E-state index contributed by atoms with van der Waals surface area (Å²) in [5.74, 6) is -0.210. The Kier molecular flexibility index (Phi) is 4.01. The van der Waals surface area contributed by atoms with Crippen LogP contribution in [0.4, 0.5) is 0 Å². The van der Waals surface area contributed by atoms with Crippen LogP contribution in [0.15, 0.2) is 41.3 Å². The van der Waals surface area contributed by atoms with Crippen molar-refractivity contribution in [1.82, 2.24) is 30.1 Å². The van der Waals surface area contributed by atoms with Gasteiger partial charge in [-0.3, -0.25) is 9.59 Å². The maximum absolute atomic E-state index is 12.6. The second-order valence-electron chi connectivity index (χ2n) is 6.23. The van der Waals surface area contributed by atoms with Crippen LogP contribution in [0.25, 0.3) is 16.7 Å². The molecule has 128 valence electrons. The van der Waals surface area contributed by atoms with Crippen LogP contribution in [0, 0.1) is 0 Å². The van der Waals surface area contributed by atoms with Gasteiger partial charge >= 0.3 is 0 Å². The molecule has 0 aliphatic heterocycles. The maximum Gasteiger partial charge on any atom is 0.281 e. The highest BCUT2D eigenvalue weighted by Gasteiger charge is 2.19. The molecule has 1 aliphatic carbocycles. The third-order valence-electron chi connectivity index (χ3n) is 4.47. The predicted octanol–water partition coefficient (Wildman–Crippen LogP) is 1.04. The molecular formula is C17H18N6O2. The Balaban J connectivity index is 1.60. The molecule has 0 bridgehead atoms. The van der Waals surface area contributed by atoms with E-state index in [1.54, 1.807) is 4.68 Å². The van der Waals surface area contributed by atoms with Gasteiger partial charge < -0.3 is 5.32 Å². The van der Waals surface area contributed by atoms with E-state index in [-0.39, 0.29) is 24.1 Å². The molecule has 1 saturated carbocycles. The molecule has 1 fully saturated rings. The third-order valence-corrected chi connectivity index (χ3v) is 4.47. The van der Waals surface area contributed by atoms with Gasteiger partial charge in [0.2, 0.25) is 5.91 Å². The average Bonchev–Trinajstić information content (AvgIpc) is 3.28. The predicted molar refractivity (Wildman–Crippen MR) is 91.3 cm³/mol. The van der Waals surface area contributed by atoms with Crippen molar-refractivity contribution in [2.24, 2.45) is 0 Å². The van der Waals surface area contributed by atoms with E-state index in [2.05, 4.69) is 20.7 Å². The highest BCUT2D eigenvalue weighted by atomic mass is 16.2. The summed E-state index contributed by atoms with van der Waals surface area (Å²) in [4.78, 5) is 24.7. The topological polar surface area (TPSA) is 94.7 Å². The summed E-state index contributed by atoms with van der Waals surface area (Å²) in [5.41, 5.74) is 0.806. The highest BCUT2D eigenvalue weighted by Crippen LogP contribution is 2.17. The molecule has 1 N–H and O–H groups in total. The van der Waals surface area contributed by atoms with E-state index in [0.717, 1.165) is 36.1 Å². The van der Waals surface area contributed by atoms with Gasteiger partial charge in [0, 0.05) is 6.04 Å². The molecule has 0 unspecified atom stereocenters. The lowest BCUT2D eigenvalue weighted by atomic mass is 10.2. The van der Waals surface area contributed by atoms with Crippen molar-refractivity contribution in [3.8, 4) is 5.69 Å². The summed E-state index contributed by atoms with van der Waals surface area (Å²) in [6, 6.07) is 9.61. The van der Waals surface area contributed by atoms with E-state index >= 15 is 0 Å². The second kappa shape index (κ2) is 6.46. The first-order chi connectivity index (χ1) is 12.2. The van der Waals surface area contributed by atoms with Crippen LogP contribution < -0.4 is 10.9 Å². The molecule has 1 aliphatic rings. The van der Waals surface area contributed by atoms with Crippen LogP contribution in [0.5, 0.6) is 0 Å². The Morgan fingerprint density at radius 2 is 1.96 bits per heavy atom. The number of rotatable bonds is 4. The number of amides is 1. The van der Waals surface area contributed by atoms with E-state index in [1.165, 1.54) is 6.20 Å². The SMILES string of the molecule is O=C(Cn1nnc2c(cnn2-c2ccccc2)c1=O)NC1CCCC1. The Bertz CT molecular complexity index is 956. The molecule has 0 radical (unpaired) electrons. The van der Waals surface area contributed by atoms with Crippen LogP contribution >= 0.6 is 0 Å². The van der Waals surface area contributed by atoms with E-state index in [1.807, 2.05) is 30.3 Å². The first-order valence-corrected chi connectivity index (χ1v) is 8.39. The molecule has 8 nitrogen and oxygen atoms in total. The van der Waals surface area contributed by atoms with Gasteiger partial charge in [0.15, 0.2) is 5.65 Å². The molecule has 1 aromatic carbocycles. The third kappa shape index (κ3) is 3.02. The number of fused-ring (bicyclic) bond motifs is 1. The van der Waals surface area contributed by atoms with Crippen molar-refractivity contribution >= 4 is 16.9 Å². The molecular weight excluding hydrogens is 320 g/mol. The Morgan fingerprint density at radius 1 is 1.20 bits per heavy atom. The lowest BCUT2D eigenvalue weighted by Gasteiger charge is -2.11. The maximum atomic E-state index is 12.6. The van der Waals surface area contributed by atoms with Crippen molar-refractivity contribution in [2.75, 3.05) is 0 Å². The minimum atomic E-state index is -0.367. The lowest BCUT2D eigenvalue weighted by Crippen LogP contribution is -2.38. The Hall–Kier alpha value is -3.03. The number of nitrogens with zero attached hydrogens (tertiary/aromatic N) is 5. The Labute approximate surface area is 143 Å². The molecule has 3 aromatic rings. The van der Waals surface area contributed by atoms with Crippen LogP contribution in [0.2, 0.25) is 0 Å². The molecule has 0 spiro atoms. The van der Waals surface area contributed by atoms with Crippen LogP contribution in [-0.4, -0.2) is 36.7 Å². The Morgan fingerprint density at radius 3 is 2.72 bits per heavy atom. The zero-order valence-electron chi connectivity index (χ0n) is 13.6. The molecule has 0 saturated heterocycles. The molecule has 2 aromatic heterocycles. The second-order valence-corrected chi connectivity index (χ2v) is 6.23. The van der Waals surface area contributed by atoms with Crippen molar-refractivity contribution in [2.45, 2.75) is 38.3 Å². The van der Waals surface area contributed by atoms with Gasteiger partial charge in [-0.2, -0.15) is 5.10 Å². The van der Waals surface area contributed by atoms with Crippen LogP contribution in [0.3, 0.4) is 0 Å². The fourth-order valence-electron chi connectivity index (χ4n) is 3.21. The minimum Gasteiger partial charge on any atom is -0.352 e. The van der Waals surface area contributed by atoms with Crippen LogP contribution in [0.1, 0.15) is 25.7 Å². The van der Waals surface area contributed by atoms with Crippen molar-refractivity contribution in [3.05, 3.63) is 46.9 Å². The van der Waals surface area contributed by atoms with Gasteiger partial charge in [0.25, 0.3) is 5.56 Å². The number of carbonyl (C=O) groups excluding carboxylic acids is 1. The van der Waals surface area contributed by atoms with E-state index < -0.39 is 0 Å². The summed E-state index contributed by atoms with van der Waals surface area (Å²) in [6.07, 6.45) is 5.72. The quantitative estimate of drug-likeness (QED) is 0.767. The van der Waals surface area contributed by atoms with Gasteiger partial charge in [-0.15, -0.1) is 5.10 Å². The largest absolute Gasteiger partial charge is 0.352 e. The van der Waals surface area contributed by atoms with E-state index in [4.69, 9.17) is 0 Å². The van der Waals surface area contributed by atoms with Gasteiger partial charge in [0.05, 0.1) is 11.9 Å². The number of benzene rings is 1. The summed E-state index contributed by atoms with van der Waals surface area (Å²) >= 11 is 0. The summed E-state index contributed by atoms with van der Waals surface area (Å²) in [7, 11) is 0. The number of aromatic nitrogens is 5. The minimum absolute atomic E-state index is 0.130. The molecule has 4 rings (SSSR count). The smallest absolute Gasteiger partial charge is 0.281 e. The summed E-state index contributed by atoms with van der Waals surface area (Å²) in [6.45, 7) is -0.130. The molecule has 0 atom stereocenters. The number of nitrogens with one attached hydrogen (secondary N) is 1. The number of hydrogen-bond donors (Lipinski definition) is 1. The van der Waals surface area contributed by atoms with Gasteiger partial charge in [-0.05, 0) is 25.0 Å². The van der Waals surface area contributed by atoms with Gasteiger partial charge in [-0.1, -0.05) is 36.3 Å². The van der Waals surface area contributed by atoms with Gasteiger partial charge in [0.1, 0.15) is 11.9 Å². The van der Waals surface area contributed by atoms with Crippen molar-refractivity contribution in [3.63, 3.8) is 0 Å². The first-order valence-electron chi connectivity index (χ1n) is 8.39. The van der Waals surface area contributed by atoms with Crippen molar-refractivity contribution < 1.29 is 4.79 Å². The summed E-state index contributed by atoms with van der Waals surface area (Å²) in [5, 5.41) is 15.5. The monoisotopic (exact) mass is 338 g/mol. The fourth-order valence-corrected chi connectivity index (χ4v) is 3.21. The van der Waals surface area contributed by atoms with Crippen molar-refractivity contribution in [1.29, 1.82) is 0 Å². The number of carbonyl (C=O) groups is 1. The molecule has 8 heteroatoms.